The van der Waals surface area contributed by atoms with Crippen molar-refractivity contribution >= 4 is 49.6 Å². The minimum atomic E-state index is -0.529. The number of hydrogen-bond acceptors (Lipinski definition) is 5. The Balaban J connectivity index is 2.16. The van der Waals surface area contributed by atoms with Crippen molar-refractivity contribution in [2.24, 2.45) is 0 Å². The Labute approximate surface area is 135 Å². The predicted molar refractivity (Wildman–Crippen MR) is 94.9 cm³/mol. The van der Waals surface area contributed by atoms with Crippen LogP contribution >= 0.6 is 0 Å². The monoisotopic (exact) mass is 313 g/mol. The Kier molecular flexibility index (Phi) is 2.42. The molecule has 6 heteroatoms. The maximum Gasteiger partial charge on any atom is 0.348 e. The Bertz CT molecular complexity index is 1340. The Hall–Kier alpha value is -3.54. The molecule has 0 saturated heterocycles. The van der Waals surface area contributed by atoms with E-state index in [1.165, 1.54) is 0 Å². The Morgan fingerprint density at radius 3 is 1.88 bits per heavy atom. The molecule has 5 rings (SSSR count). The van der Waals surface area contributed by atoms with E-state index in [1.807, 2.05) is 36.4 Å². The molecule has 0 amide bonds. The molecule has 6 nitrogen and oxygen atoms in total. The zero-order valence-corrected chi connectivity index (χ0v) is 12.4. The standard InChI is InChI=1S/C18H11N5O/c19-16-15-17(23-18(24)22-16)21-14-12-8-4-2-6-10(12)9-5-1-3-7-11(9)13(14)20-15/h1-8H,(H3,19,21,22,23,24). The quantitative estimate of drug-likeness (QED) is 0.338. The lowest BCUT2D eigenvalue weighted by molar-refractivity contribution is 1.10. The smallest absolute Gasteiger partial charge is 0.348 e. The highest BCUT2D eigenvalue weighted by atomic mass is 16.1. The minimum absolute atomic E-state index is 0.177. The molecule has 0 aliphatic heterocycles. The number of nitrogens with zero attached hydrogens (tertiary/aromatic N) is 3. The SMILES string of the molecule is Nc1[nH]c(=O)nc2nc3c4ccccc4c4ccccc4c3nc12. The lowest BCUT2D eigenvalue weighted by Gasteiger charge is -2.10. The summed E-state index contributed by atoms with van der Waals surface area (Å²) in [6, 6.07) is 16.1. The van der Waals surface area contributed by atoms with Crippen LogP contribution in [-0.2, 0) is 0 Å². The van der Waals surface area contributed by atoms with Crippen molar-refractivity contribution in [3.05, 3.63) is 59.0 Å². The Morgan fingerprint density at radius 2 is 1.25 bits per heavy atom. The zero-order chi connectivity index (χ0) is 16.3. The average Bonchev–Trinajstić information content (AvgIpc) is 2.61. The van der Waals surface area contributed by atoms with E-state index in [-0.39, 0.29) is 11.5 Å². The molecular formula is C18H11N5O. The summed E-state index contributed by atoms with van der Waals surface area (Å²) >= 11 is 0. The third kappa shape index (κ3) is 1.65. The lowest BCUT2D eigenvalue weighted by Crippen LogP contribution is -2.14. The van der Waals surface area contributed by atoms with Crippen molar-refractivity contribution in [2.45, 2.75) is 0 Å². The number of H-pyrrole nitrogens is 1. The molecule has 5 aromatic rings. The van der Waals surface area contributed by atoms with E-state index in [0.717, 1.165) is 27.1 Å². The molecule has 2 aromatic heterocycles. The molecule has 0 aliphatic carbocycles. The van der Waals surface area contributed by atoms with E-state index < -0.39 is 5.69 Å². The van der Waals surface area contributed by atoms with E-state index in [9.17, 15) is 4.79 Å². The van der Waals surface area contributed by atoms with Gasteiger partial charge in [-0.25, -0.2) is 14.8 Å². The van der Waals surface area contributed by atoms with Crippen LogP contribution in [0.15, 0.2) is 53.3 Å². The molecule has 3 aromatic carbocycles. The van der Waals surface area contributed by atoms with Crippen molar-refractivity contribution in [2.75, 3.05) is 5.73 Å². The normalized spacial score (nSPS) is 11.7. The second kappa shape index (κ2) is 4.48. The van der Waals surface area contributed by atoms with Crippen LogP contribution in [0.25, 0.3) is 43.7 Å². The van der Waals surface area contributed by atoms with Crippen LogP contribution in [-0.4, -0.2) is 19.9 Å². The van der Waals surface area contributed by atoms with Crippen molar-refractivity contribution in [3.63, 3.8) is 0 Å². The number of nitrogen functional groups attached to an aromatic ring is 1. The minimum Gasteiger partial charge on any atom is -0.383 e. The zero-order valence-electron chi connectivity index (χ0n) is 12.4. The molecule has 0 aliphatic rings. The van der Waals surface area contributed by atoms with Gasteiger partial charge in [0.25, 0.3) is 0 Å². The van der Waals surface area contributed by atoms with Gasteiger partial charge in [0.1, 0.15) is 11.3 Å². The highest BCUT2D eigenvalue weighted by Crippen LogP contribution is 2.33. The summed E-state index contributed by atoms with van der Waals surface area (Å²) in [7, 11) is 0. The molecular weight excluding hydrogens is 302 g/mol. The second-order valence-corrected chi connectivity index (χ2v) is 5.64. The molecule has 2 heterocycles. The van der Waals surface area contributed by atoms with Crippen LogP contribution < -0.4 is 11.4 Å². The molecule has 0 bridgehead atoms. The van der Waals surface area contributed by atoms with Crippen molar-refractivity contribution < 1.29 is 0 Å². The molecule has 0 saturated carbocycles. The third-order valence-corrected chi connectivity index (χ3v) is 4.24. The largest absolute Gasteiger partial charge is 0.383 e. The number of rotatable bonds is 0. The molecule has 0 radical (unpaired) electrons. The lowest BCUT2D eigenvalue weighted by atomic mass is 9.99. The first-order chi connectivity index (χ1) is 11.7. The van der Waals surface area contributed by atoms with Crippen molar-refractivity contribution in [1.29, 1.82) is 0 Å². The van der Waals surface area contributed by atoms with Gasteiger partial charge in [0.05, 0.1) is 11.0 Å². The van der Waals surface area contributed by atoms with Gasteiger partial charge < -0.3 is 5.73 Å². The highest BCUT2D eigenvalue weighted by Gasteiger charge is 2.13. The molecule has 0 fully saturated rings. The maximum atomic E-state index is 11.6. The summed E-state index contributed by atoms with van der Waals surface area (Å²) in [5, 5.41) is 4.16. The Morgan fingerprint density at radius 1 is 0.708 bits per heavy atom. The highest BCUT2D eigenvalue weighted by molar-refractivity contribution is 6.23. The van der Waals surface area contributed by atoms with Gasteiger partial charge >= 0.3 is 5.69 Å². The maximum absolute atomic E-state index is 11.6. The molecule has 3 N–H and O–H groups in total. The fourth-order valence-corrected chi connectivity index (χ4v) is 3.21. The summed E-state index contributed by atoms with van der Waals surface area (Å²) in [6.45, 7) is 0. The number of aromatic amines is 1. The topological polar surface area (TPSA) is 97.6 Å². The average molecular weight is 313 g/mol. The third-order valence-electron chi connectivity index (χ3n) is 4.24. The fraction of sp³-hybridized carbons (Fsp3) is 0. The molecule has 114 valence electrons. The van der Waals surface area contributed by atoms with Crippen LogP contribution in [0.2, 0.25) is 0 Å². The predicted octanol–water partition coefficient (Wildman–Crippen LogP) is 2.75. The van der Waals surface area contributed by atoms with Crippen LogP contribution in [0.5, 0.6) is 0 Å². The number of anilines is 1. The first kappa shape index (κ1) is 13.0. The van der Waals surface area contributed by atoms with E-state index in [0.29, 0.717) is 11.0 Å². The van der Waals surface area contributed by atoms with Gasteiger partial charge in [0, 0.05) is 10.8 Å². The summed E-state index contributed by atoms with van der Waals surface area (Å²) < 4.78 is 0. The van der Waals surface area contributed by atoms with Gasteiger partial charge in [-0.2, -0.15) is 4.98 Å². The van der Waals surface area contributed by atoms with Crippen molar-refractivity contribution in [3.8, 4) is 0 Å². The summed E-state index contributed by atoms with van der Waals surface area (Å²) in [6.07, 6.45) is 0. The van der Waals surface area contributed by atoms with E-state index in [4.69, 9.17) is 5.73 Å². The molecule has 0 atom stereocenters. The number of nitrogens with two attached hydrogens (primary N) is 1. The van der Waals surface area contributed by atoms with Crippen LogP contribution in [0, 0.1) is 0 Å². The number of fused-ring (bicyclic) bond motifs is 7. The van der Waals surface area contributed by atoms with Crippen LogP contribution in [0.3, 0.4) is 0 Å². The van der Waals surface area contributed by atoms with Gasteiger partial charge in [-0.3, -0.25) is 4.98 Å². The van der Waals surface area contributed by atoms with Crippen molar-refractivity contribution in [1.82, 2.24) is 19.9 Å². The second-order valence-electron chi connectivity index (χ2n) is 5.64. The summed E-state index contributed by atoms with van der Waals surface area (Å²) in [5.74, 6) is 0.177. The first-order valence-electron chi connectivity index (χ1n) is 7.49. The molecule has 24 heavy (non-hydrogen) atoms. The van der Waals surface area contributed by atoms with Gasteiger partial charge in [-0.15, -0.1) is 0 Å². The van der Waals surface area contributed by atoms with Crippen LogP contribution in [0.4, 0.5) is 5.82 Å². The fourth-order valence-electron chi connectivity index (χ4n) is 3.21. The van der Waals surface area contributed by atoms with Crippen LogP contribution in [0.1, 0.15) is 0 Å². The van der Waals surface area contributed by atoms with Gasteiger partial charge in [0.2, 0.25) is 0 Å². The summed E-state index contributed by atoms with van der Waals surface area (Å²) in [4.78, 5) is 27.3. The van der Waals surface area contributed by atoms with Gasteiger partial charge in [-0.05, 0) is 10.8 Å². The summed E-state index contributed by atoms with van der Waals surface area (Å²) in [5.41, 5.74) is 7.50. The molecule has 0 spiro atoms. The van der Waals surface area contributed by atoms with E-state index in [2.05, 4.69) is 32.1 Å². The number of benzene rings is 3. The van der Waals surface area contributed by atoms with E-state index >= 15 is 0 Å². The number of hydrogen-bond donors (Lipinski definition) is 2. The van der Waals surface area contributed by atoms with Gasteiger partial charge in [-0.1, -0.05) is 48.5 Å². The first-order valence-corrected chi connectivity index (χ1v) is 7.49. The number of aromatic nitrogens is 4. The number of nitrogens with one attached hydrogen (secondary N) is 1. The van der Waals surface area contributed by atoms with Gasteiger partial charge in [0.15, 0.2) is 5.65 Å². The molecule has 0 unspecified atom stereocenters. The van der Waals surface area contributed by atoms with E-state index in [1.54, 1.807) is 0 Å².